The first-order valence-corrected chi connectivity index (χ1v) is 7.09. The lowest BCUT2D eigenvalue weighted by atomic mass is 10.0. The highest BCUT2D eigenvalue weighted by atomic mass is 19.1. The maximum atomic E-state index is 13.7. The molecule has 1 unspecified atom stereocenters. The van der Waals surface area contributed by atoms with Gasteiger partial charge in [-0.15, -0.1) is 0 Å². The standard InChI is InChI=1S/C16H21F2N3/c1-10(2)16-12(9-21(4)20-16)8-19-11(3)15-13(17)6-5-7-14(15)18/h5-7,9-11,19H,8H2,1-4H3. The van der Waals surface area contributed by atoms with Crippen LogP contribution in [0.3, 0.4) is 0 Å². The Morgan fingerprint density at radius 1 is 1.19 bits per heavy atom. The molecule has 0 fully saturated rings. The fourth-order valence-corrected chi connectivity index (χ4v) is 2.47. The quantitative estimate of drug-likeness (QED) is 0.911. The van der Waals surface area contributed by atoms with Gasteiger partial charge in [-0.2, -0.15) is 5.10 Å². The van der Waals surface area contributed by atoms with E-state index in [9.17, 15) is 8.78 Å². The van der Waals surface area contributed by atoms with Gasteiger partial charge in [0.1, 0.15) is 11.6 Å². The second-order valence-corrected chi connectivity index (χ2v) is 5.61. The van der Waals surface area contributed by atoms with Crippen LogP contribution in [0.25, 0.3) is 0 Å². The molecule has 114 valence electrons. The van der Waals surface area contributed by atoms with Crippen LogP contribution < -0.4 is 5.32 Å². The normalized spacial score (nSPS) is 12.9. The van der Waals surface area contributed by atoms with Crippen LogP contribution in [-0.2, 0) is 13.6 Å². The predicted octanol–water partition coefficient (Wildman–Crippen LogP) is 3.67. The van der Waals surface area contributed by atoms with E-state index in [1.54, 1.807) is 11.6 Å². The molecule has 0 radical (unpaired) electrons. The molecule has 0 aliphatic heterocycles. The van der Waals surface area contributed by atoms with Crippen molar-refractivity contribution in [2.24, 2.45) is 7.05 Å². The molecule has 0 saturated carbocycles. The number of hydrogen-bond donors (Lipinski definition) is 1. The maximum Gasteiger partial charge on any atom is 0.130 e. The Morgan fingerprint density at radius 2 is 1.81 bits per heavy atom. The number of halogens is 2. The number of nitrogens with zero attached hydrogens (tertiary/aromatic N) is 2. The van der Waals surface area contributed by atoms with Crippen LogP contribution in [0.4, 0.5) is 8.78 Å². The van der Waals surface area contributed by atoms with Gasteiger partial charge in [-0.3, -0.25) is 4.68 Å². The van der Waals surface area contributed by atoms with Gasteiger partial charge in [-0.05, 0) is 25.0 Å². The lowest BCUT2D eigenvalue weighted by molar-refractivity contribution is 0.486. The zero-order chi connectivity index (χ0) is 15.6. The number of nitrogens with one attached hydrogen (secondary N) is 1. The minimum absolute atomic E-state index is 0.0764. The first-order chi connectivity index (χ1) is 9.90. The van der Waals surface area contributed by atoms with Crippen LogP contribution in [0.2, 0.25) is 0 Å². The zero-order valence-corrected chi connectivity index (χ0v) is 12.8. The molecule has 0 amide bonds. The molecule has 1 atom stereocenters. The number of rotatable bonds is 5. The minimum atomic E-state index is -0.523. The molecule has 0 aliphatic rings. The van der Waals surface area contributed by atoms with Gasteiger partial charge in [0.25, 0.3) is 0 Å². The van der Waals surface area contributed by atoms with Crippen LogP contribution in [0.15, 0.2) is 24.4 Å². The van der Waals surface area contributed by atoms with E-state index in [0.717, 1.165) is 11.3 Å². The van der Waals surface area contributed by atoms with Crippen LogP contribution in [0, 0.1) is 11.6 Å². The summed E-state index contributed by atoms with van der Waals surface area (Å²) in [6.07, 6.45) is 1.94. The Hall–Kier alpha value is -1.75. The van der Waals surface area contributed by atoms with Crippen molar-refractivity contribution >= 4 is 0 Å². The van der Waals surface area contributed by atoms with Gasteiger partial charge in [-0.25, -0.2) is 8.78 Å². The highest BCUT2D eigenvalue weighted by Gasteiger charge is 2.17. The van der Waals surface area contributed by atoms with Crippen LogP contribution in [0.5, 0.6) is 0 Å². The molecule has 1 N–H and O–H groups in total. The topological polar surface area (TPSA) is 29.9 Å². The van der Waals surface area contributed by atoms with E-state index >= 15 is 0 Å². The number of hydrogen-bond acceptors (Lipinski definition) is 2. The molecule has 3 nitrogen and oxygen atoms in total. The predicted molar refractivity (Wildman–Crippen MR) is 78.9 cm³/mol. The number of aryl methyl sites for hydroxylation is 1. The largest absolute Gasteiger partial charge is 0.306 e. The summed E-state index contributed by atoms with van der Waals surface area (Å²) >= 11 is 0. The van der Waals surface area contributed by atoms with Crippen LogP contribution >= 0.6 is 0 Å². The van der Waals surface area contributed by atoms with Crippen molar-refractivity contribution in [3.05, 3.63) is 52.9 Å². The summed E-state index contributed by atoms with van der Waals surface area (Å²) in [5, 5.41) is 7.60. The molecule has 0 spiro atoms. The van der Waals surface area contributed by atoms with E-state index in [-0.39, 0.29) is 5.56 Å². The van der Waals surface area contributed by atoms with Crippen molar-refractivity contribution in [1.29, 1.82) is 0 Å². The van der Waals surface area contributed by atoms with Crippen molar-refractivity contribution in [1.82, 2.24) is 15.1 Å². The minimum Gasteiger partial charge on any atom is -0.306 e. The number of benzene rings is 1. The second kappa shape index (κ2) is 6.35. The number of aromatic nitrogens is 2. The van der Waals surface area contributed by atoms with E-state index in [0.29, 0.717) is 12.5 Å². The monoisotopic (exact) mass is 293 g/mol. The molecule has 2 rings (SSSR count). The molecular formula is C16H21F2N3. The van der Waals surface area contributed by atoms with Crippen molar-refractivity contribution in [3.63, 3.8) is 0 Å². The van der Waals surface area contributed by atoms with Gasteiger partial charge in [0, 0.05) is 37.0 Å². The first-order valence-electron chi connectivity index (χ1n) is 7.09. The van der Waals surface area contributed by atoms with Crippen molar-refractivity contribution < 1.29 is 8.78 Å². The highest BCUT2D eigenvalue weighted by molar-refractivity contribution is 5.24. The van der Waals surface area contributed by atoms with E-state index in [2.05, 4.69) is 24.3 Å². The third-order valence-electron chi connectivity index (χ3n) is 3.52. The average Bonchev–Trinajstić information content (AvgIpc) is 2.77. The summed E-state index contributed by atoms with van der Waals surface area (Å²) in [4.78, 5) is 0. The van der Waals surface area contributed by atoms with Gasteiger partial charge in [-0.1, -0.05) is 19.9 Å². The Bertz CT molecular complexity index is 600. The third-order valence-corrected chi connectivity index (χ3v) is 3.52. The van der Waals surface area contributed by atoms with Crippen molar-refractivity contribution in [2.45, 2.75) is 39.3 Å². The summed E-state index contributed by atoms with van der Waals surface area (Å²) in [6, 6.07) is 3.52. The summed E-state index contributed by atoms with van der Waals surface area (Å²) in [5.74, 6) is -0.737. The lowest BCUT2D eigenvalue weighted by Gasteiger charge is -2.16. The van der Waals surface area contributed by atoms with Crippen molar-refractivity contribution in [2.75, 3.05) is 0 Å². The molecular weight excluding hydrogens is 272 g/mol. The summed E-state index contributed by atoms with van der Waals surface area (Å²) < 4.78 is 29.2. The molecule has 21 heavy (non-hydrogen) atoms. The van der Waals surface area contributed by atoms with Crippen LogP contribution in [0.1, 0.15) is 49.6 Å². The second-order valence-electron chi connectivity index (χ2n) is 5.61. The van der Waals surface area contributed by atoms with Gasteiger partial charge < -0.3 is 5.32 Å². The van der Waals surface area contributed by atoms with E-state index in [4.69, 9.17) is 0 Å². The molecule has 1 aromatic carbocycles. The van der Waals surface area contributed by atoms with E-state index < -0.39 is 17.7 Å². The smallest absolute Gasteiger partial charge is 0.130 e. The molecule has 5 heteroatoms. The lowest BCUT2D eigenvalue weighted by Crippen LogP contribution is -2.21. The maximum absolute atomic E-state index is 13.7. The molecule has 1 aromatic heterocycles. The van der Waals surface area contributed by atoms with Crippen LogP contribution in [-0.4, -0.2) is 9.78 Å². The fourth-order valence-electron chi connectivity index (χ4n) is 2.47. The van der Waals surface area contributed by atoms with Gasteiger partial charge in [0.05, 0.1) is 5.69 Å². The van der Waals surface area contributed by atoms with Gasteiger partial charge in [0.2, 0.25) is 0 Å². The van der Waals surface area contributed by atoms with E-state index in [1.807, 2.05) is 13.2 Å². The average molecular weight is 293 g/mol. The Kier molecular flexibility index (Phi) is 4.73. The fraction of sp³-hybridized carbons (Fsp3) is 0.438. The molecule has 0 aliphatic carbocycles. The third kappa shape index (κ3) is 3.47. The van der Waals surface area contributed by atoms with Gasteiger partial charge >= 0.3 is 0 Å². The Labute approximate surface area is 124 Å². The Morgan fingerprint density at radius 3 is 2.38 bits per heavy atom. The highest BCUT2D eigenvalue weighted by Crippen LogP contribution is 2.22. The SMILES string of the molecule is CC(C)c1nn(C)cc1CNC(C)c1c(F)cccc1F. The molecule has 0 saturated heterocycles. The van der Waals surface area contributed by atoms with Crippen molar-refractivity contribution in [3.8, 4) is 0 Å². The molecule has 1 heterocycles. The zero-order valence-electron chi connectivity index (χ0n) is 12.8. The summed E-state index contributed by atoms with van der Waals surface area (Å²) in [7, 11) is 1.87. The van der Waals surface area contributed by atoms with E-state index in [1.165, 1.54) is 18.2 Å². The molecule has 0 bridgehead atoms. The Balaban J connectivity index is 2.13. The summed E-state index contributed by atoms with van der Waals surface area (Å²) in [5.41, 5.74) is 2.13. The summed E-state index contributed by atoms with van der Waals surface area (Å²) in [6.45, 7) is 6.43. The first kappa shape index (κ1) is 15.6. The van der Waals surface area contributed by atoms with Gasteiger partial charge in [0.15, 0.2) is 0 Å². The molecule has 2 aromatic rings.